The monoisotopic (exact) mass is 196 g/mol. The van der Waals surface area contributed by atoms with E-state index >= 15 is 0 Å². The number of nitro groups is 1. The van der Waals surface area contributed by atoms with Gasteiger partial charge in [-0.25, -0.2) is 0 Å². The van der Waals surface area contributed by atoms with Crippen LogP contribution in [0.2, 0.25) is 0 Å². The van der Waals surface area contributed by atoms with Gasteiger partial charge in [0.1, 0.15) is 5.75 Å². The van der Waals surface area contributed by atoms with E-state index in [1.807, 2.05) is 6.92 Å². The first-order valence-corrected chi connectivity index (χ1v) is 4.21. The van der Waals surface area contributed by atoms with E-state index in [9.17, 15) is 15.2 Å². The van der Waals surface area contributed by atoms with E-state index in [0.717, 1.165) is 0 Å². The lowest BCUT2D eigenvalue weighted by molar-refractivity contribution is -0.385. The zero-order valence-corrected chi connectivity index (χ0v) is 8.02. The Labute approximate surface area is 81.5 Å². The molecule has 0 radical (unpaired) electrons. The second-order valence-electron chi connectivity index (χ2n) is 3.01. The summed E-state index contributed by atoms with van der Waals surface area (Å²) < 4.78 is 0. The van der Waals surface area contributed by atoms with E-state index < -0.39 is 4.92 Å². The molecule has 76 valence electrons. The van der Waals surface area contributed by atoms with Crippen molar-refractivity contribution in [2.45, 2.75) is 13.0 Å². The summed E-state index contributed by atoms with van der Waals surface area (Å²) in [7, 11) is 1.73. The molecule has 5 heteroatoms. The lowest BCUT2D eigenvalue weighted by atomic mass is 10.1. The third-order valence-corrected chi connectivity index (χ3v) is 2.12. The minimum absolute atomic E-state index is 0.0140. The highest BCUT2D eigenvalue weighted by molar-refractivity contribution is 5.44. The summed E-state index contributed by atoms with van der Waals surface area (Å²) >= 11 is 0. The highest BCUT2D eigenvalue weighted by atomic mass is 16.6. The van der Waals surface area contributed by atoms with Gasteiger partial charge in [0.05, 0.1) is 4.92 Å². The van der Waals surface area contributed by atoms with E-state index in [1.54, 1.807) is 7.05 Å². The molecule has 0 aliphatic rings. The first-order valence-electron chi connectivity index (χ1n) is 4.21. The molecule has 0 bridgehead atoms. The summed E-state index contributed by atoms with van der Waals surface area (Å²) in [4.78, 5) is 10.00. The van der Waals surface area contributed by atoms with Crippen molar-refractivity contribution < 1.29 is 10.0 Å². The van der Waals surface area contributed by atoms with Crippen molar-refractivity contribution in [2.24, 2.45) is 0 Å². The zero-order chi connectivity index (χ0) is 10.7. The Hall–Kier alpha value is -1.62. The van der Waals surface area contributed by atoms with Gasteiger partial charge in [-0.15, -0.1) is 0 Å². The van der Waals surface area contributed by atoms with Crippen LogP contribution in [0.25, 0.3) is 0 Å². The molecule has 1 atom stereocenters. The van der Waals surface area contributed by atoms with E-state index in [2.05, 4.69) is 5.32 Å². The molecule has 0 aromatic heterocycles. The number of hydrogen-bond donors (Lipinski definition) is 2. The normalized spacial score (nSPS) is 12.4. The first kappa shape index (κ1) is 10.5. The van der Waals surface area contributed by atoms with Crippen LogP contribution in [0.3, 0.4) is 0 Å². The Kier molecular flexibility index (Phi) is 3.03. The molecule has 0 unspecified atom stereocenters. The molecule has 0 aliphatic carbocycles. The van der Waals surface area contributed by atoms with Crippen LogP contribution in [-0.4, -0.2) is 17.1 Å². The molecule has 5 nitrogen and oxygen atoms in total. The molecular formula is C9H12N2O3. The van der Waals surface area contributed by atoms with E-state index in [1.165, 1.54) is 18.2 Å². The van der Waals surface area contributed by atoms with Crippen molar-refractivity contribution in [3.05, 3.63) is 33.9 Å². The molecule has 14 heavy (non-hydrogen) atoms. The van der Waals surface area contributed by atoms with Gasteiger partial charge in [0, 0.05) is 23.7 Å². The molecule has 2 N–H and O–H groups in total. The Morgan fingerprint density at radius 2 is 2.21 bits per heavy atom. The fourth-order valence-electron chi connectivity index (χ4n) is 1.16. The number of benzene rings is 1. The highest BCUT2D eigenvalue weighted by Crippen LogP contribution is 2.27. The van der Waals surface area contributed by atoms with Crippen molar-refractivity contribution in [3.8, 4) is 5.75 Å². The van der Waals surface area contributed by atoms with Gasteiger partial charge in [-0.05, 0) is 20.0 Å². The number of nitrogens with one attached hydrogen (secondary N) is 1. The Morgan fingerprint density at radius 3 is 2.71 bits per heavy atom. The molecule has 1 aromatic carbocycles. The van der Waals surface area contributed by atoms with Gasteiger partial charge in [0.15, 0.2) is 0 Å². The molecule has 0 saturated carbocycles. The summed E-state index contributed by atoms with van der Waals surface area (Å²) in [5.74, 6) is 0.0671. The van der Waals surface area contributed by atoms with Crippen molar-refractivity contribution in [1.29, 1.82) is 0 Å². The quantitative estimate of drug-likeness (QED) is 0.568. The van der Waals surface area contributed by atoms with Crippen LogP contribution in [0.4, 0.5) is 5.69 Å². The van der Waals surface area contributed by atoms with Crippen molar-refractivity contribution in [3.63, 3.8) is 0 Å². The van der Waals surface area contributed by atoms with Gasteiger partial charge in [-0.3, -0.25) is 10.1 Å². The van der Waals surface area contributed by atoms with E-state index in [-0.39, 0.29) is 17.5 Å². The lowest BCUT2D eigenvalue weighted by Gasteiger charge is -2.11. The summed E-state index contributed by atoms with van der Waals surface area (Å²) in [5, 5.41) is 22.8. The van der Waals surface area contributed by atoms with E-state index in [4.69, 9.17) is 0 Å². The molecule has 1 aromatic rings. The lowest BCUT2D eigenvalue weighted by Crippen LogP contribution is -2.12. The number of non-ortho nitro benzene ring substituents is 1. The zero-order valence-electron chi connectivity index (χ0n) is 8.02. The fourth-order valence-corrected chi connectivity index (χ4v) is 1.16. The predicted molar refractivity (Wildman–Crippen MR) is 52.2 cm³/mol. The maximum Gasteiger partial charge on any atom is 0.270 e. The number of aromatic hydroxyl groups is 1. The van der Waals surface area contributed by atoms with Crippen LogP contribution in [0.15, 0.2) is 18.2 Å². The molecule has 0 spiro atoms. The molecule has 0 aliphatic heterocycles. The number of hydrogen-bond acceptors (Lipinski definition) is 4. The average Bonchev–Trinajstić information content (AvgIpc) is 2.17. The minimum atomic E-state index is -0.481. The predicted octanol–water partition coefficient (Wildman–Crippen LogP) is 1.58. The fraction of sp³-hybridized carbons (Fsp3) is 0.333. The Morgan fingerprint density at radius 1 is 1.57 bits per heavy atom. The van der Waals surface area contributed by atoms with Gasteiger partial charge in [-0.2, -0.15) is 0 Å². The summed E-state index contributed by atoms with van der Waals surface area (Å²) in [5.41, 5.74) is 0.515. The van der Waals surface area contributed by atoms with Crippen molar-refractivity contribution in [2.75, 3.05) is 7.05 Å². The molecule has 1 rings (SSSR count). The number of nitro benzene ring substituents is 1. The van der Waals surface area contributed by atoms with Crippen LogP contribution in [0.5, 0.6) is 5.75 Å². The summed E-state index contributed by atoms with van der Waals surface area (Å²) in [6.07, 6.45) is 0. The second-order valence-corrected chi connectivity index (χ2v) is 3.01. The van der Waals surface area contributed by atoms with Gasteiger partial charge >= 0.3 is 0 Å². The minimum Gasteiger partial charge on any atom is -0.508 e. The Bertz CT molecular complexity index is 352. The summed E-state index contributed by atoms with van der Waals surface area (Å²) in [6.45, 7) is 1.82. The number of rotatable bonds is 3. The number of phenols is 1. The Balaban J connectivity index is 3.14. The number of phenolic OH excluding ortho intramolecular Hbond substituents is 1. The standard InChI is InChI=1S/C9H12N2O3/c1-6(10-2)8-5-7(11(13)14)3-4-9(8)12/h3-6,10,12H,1-2H3/t6-/m1/s1. The highest BCUT2D eigenvalue weighted by Gasteiger charge is 2.13. The maximum absolute atomic E-state index is 10.5. The maximum atomic E-state index is 10.5. The van der Waals surface area contributed by atoms with Crippen molar-refractivity contribution >= 4 is 5.69 Å². The topological polar surface area (TPSA) is 75.4 Å². The van der Waals surface area contributed by atoms with Crippen LogP contribution in [-0.2, 0) is 0 Å². The molecular weight excluding hydrogens is 184 g/mol. The van der Waals surface area contributed by atoms with Crippen LogP contribution < -0.4 is 5.32 Å². The molecule has 0 fully saturated rings. The number of nitrogens with zero attached hydrogens (tertiary/aromatic N) is 1. The summed E-state index contributed by atoms with van der Waals surface area (Å²) in [6, 6.07) is 3.87. The second kappa shape index (κ2) is 4.06. The average molecular weight is 196 g/mol. The van der Waals surface area contributed by atoms with Gasteiger partial charge in [0.2, 0.25) is 0 Å². The third kappa shape index (κ3) is 2.00. The van der Waals surface area contributed by atoms with Gasteiger partial charge in [0.25, 0.3) is 5.69 Å². The van der Waals surface area contributed by atoms with E-state index in [0.29, 0.717) is 5.56 Å². The third-order valence-electron chi connectivity index (χ3n) is 2.12. The SMILES string of the molecule is CN[C@H](C)c1cc([N+](=O)[O-])ccc1O. The first-order chi connectivity index (χ1) is 6.56. The largest absolute Gasteiger partial charge is 0.508 e. The van der Waals surface area contributed by atoms with Crippen LogP contribution in [0.1, 0.15) is 18.5 Å². The molecule has 0 saturated heterocycles. The molecule has 0 amide bonds. The van der Waals surface area contributed by atoms with Gasteiger partial charge < -0.3 is 10.4 Å². The van der Waals surface area contributed by atoms with Crippen LogP contribution in [0, 0.1) is 10.1 Å². The smallest absolute Gasteiger partial charge is 0.270 e. The molecule has 0 heterocycles. The van der Waals surface area contributed by atoms with Crippen molar-refractivity contribution in [1.82, 2.24) is 5.32 Å². The van der Waals surface area contributed by atoms with Gasteiger partial charge in [-0.1, -0.05) is 0 Å². The van der Waals surface area contributed by atoms with Crippen LogP contribution >= 0.6 is 0 Å².